The number of hydrogen-bond donors (Lipinski definition) is 0. The summed E-state index contributed by atoms with van der Waals surface area (Å²) in [7, 11) is 0. The second-order valence-corrected chi connectivity index (χ2v) is 5.83. The van der Waals surface area contributed by atoms with E-state index in [4.69, 9.17) is 4.74 Å². The first-order chi connectivity index (χ1) is 12.3. The van der Waals surface area contributed by atoms with Crippen LogP contribution in [0.2, 0.25) is 0 Å². The molecule has 0 aliphatic carbocycles. The molecular formula is C23H16O2. The van der Waals surface area contributed by atoms with Gasteiger partial charge in [-0.2, -0.15) is 0 Å². The van der Waals surface area contributed by atoms with Gasteiger partial charge in [0.15, 0.2) is 0 Å². The van der Waals surface area contributed by atoms with Crippen molar-refractivity contribution in [1.82, 2.24) is 0 Å². The molecule has 4 aromatic carbocycles. The van der Waals surface area contributed by atoms with Crippen LogP contribution in [0.25, 0.3) is 27.6 Å². The molecule has 0 spiro atoms. The number of ether oxygens (including phenoxy) is 1. The molecule has 0 N–H and O–H groups in total. The number of rotatable bonds is 3. The third-order valence-corrected chi connectivity index (χ3v) is 4.16. The van der Waals surface area contributed by atoms with E-state index >= 15 is 0 Å². The molecule has 0 radical (unpaired) electrons. The minimum Gasteiger partial charge on any atom is -0.423 e. The smallest absolute Gasteiger partial charge is 0.336 e. The predicted molar refractivity (Wildman–Crippen MR) is 103 cm³/mol. The maximum atomic E-state index is 12.1. The topological polar surface area (TPSA) is 26.3 Å². The maximum Gasteiger partial charge on any atom is 0.336 e. The first-order valence-corrected chi connectivity index (χ1v) is 8.16. The lowest BCUT2D eigenvalue weighted by Gasteiger charge is -2.04. The molecule has 0 saturated carbocycles. The van der Waals surface area contributed by atoms with Crippen LogP contribution in [-0.4, -0.2) is 5.97 Å². The molecule has 25 heavy (non-hydrogen) atoms. The molecule has 0 aromatic heterocycles. The number of esters is 1. The van der Waals surface area contributed by atoms with Gasteiger partial charge in [-0.3, -0.25) is 0 Å². The van der Waals surface area contributed by atoms with Crippen LogP contribution < -0.4 is 4.74 Å². The predicted octanol–water partition coefficient (Wildman–Crippen LogP) is 5.61. The molecule has 0 saturated heterocycles. The van der Waals surface area contributed by atoms with E-state index in [2.05, 4.69) is 12.1 Å². The Kier molecular flexibility index (Phi) is 4.01. The average molecular weight is 324 g/mol. The third kappa shape index (κ3) is 3.29. The van der Waals surface area contributed by atoms with Crippen LogP contribution in [0, 0.1) is 0 Å². The lowest BCUT2D eigenvalue weighted by atomic mass is 10.0. The Bertz CT molecular complexity index is 1090. The van der Waals surface area contributed by atoms with E-state index in [9.17, 15) is 4.79 Å². The number of carbonyl (C=O) groups excluding carboxylic acids is 1. The number of carbonyl (C=O) groups is 1. The first-order valence-electron chi connectivity index (χ1n) is 8.16. The Labute approximate surface area is 146 Å². The number of hydrogen-bond acceptors (Lipinski definition) is 2. The van der Waals surface area contributed by atoms with Gasteiger partial charge in [0.05, 0.1) is 0 Å². The van der Waals surface area contributed by atoms with Gasteiger partial charge in [0.2, 0.25) is 0 Å². The van der Waals surface area contributed by atoms with Gasteiger partial charge in [0.1, 0.15) is 5.75 Å². The molecule has 0 unspecified atom stereocenters. The van der Waals surface area contributed by atoms with Crippen molar-refractivity contribution >= 4 is 33.6 Å². The van der Waals surface area contributed by atoms with E-state index in [0.717, 1.165) is 27.1 Å². The number of benzene rings is 4. The van der Waals surface area contributed by atoms with E-state index in [1.807, 2.05) is 72.8 Å². The Balaban J connectivity index is 1.55. The van der Waals surface area contributed by atoms with Gasteiger partial charge in [-0.05, 0) is 45.3 Å². The molecule has 0 fully saturated rings. The van der Waals surface area contributed by atoms with Crippen molar-refractivity contribution in [3.8, 4) is 5.75 Å². The van der Waals surface area contributed by atoms with Crippen molar-refractivity contribution in [2.75, 3.05) is 0 Å². The normalized spacial score (nSPS) is 11.2. The van der Waals surface area contributed by atoms with Crippen LogP contribution in [0.3, 0.4) is 0 Å². The van der Waals surface area contributed by atoms with Gasteiger partial charge in [0.25, 0.3) is 0 Å². The minimum atomic E-state index is -0.386. The number of fused-ring (bicyclic) bond motifs is 2. The van der Waals surface area contributed by atoms with Gasteiger partial charge in [-0.25, -0.2) is 4.79 Å². The van der Waals surface area contributed by atoms with Crippen LogP contribution in [0.4, 0.5) is 0 Å². The first kappa shape index (κ1) is 15.2. The van der Waals surface area contributed by atoms with Crippen LogP contribution in [0.5, 0.6) is 5.75 Å². The zero-order chi connectivity index (χ0) is 17.1. The average Bonchev–Trinajstić information content (AvgIpc) is 2.66. The standard InChI is InChI=1S/C23H16O2/c24-23(25-21-14-12-17-6-1-2-8-20(17)16-21)15-13-19-10-5-9-18-7-3-4-11-22(18)19/h1-16H/b15-13+. The summed E-state index contributed by atoms with van der Waals surface area (Å²) in [5.41, 5.74) is 0.994. The third-order valence-electron chi connectivity index (χ3n) is 4.16. The highest BCUT2D eigenvalue weighted by Crippen LogP contribution is 2.22. The molecular weight excluding hydrogens is 308 g/mol. The molecule has 0 bridgehead atoms. The van der Waals surface area contributed by atoms with Crippen LogP contribution in [0.15, 0.2) is 91.0 Å². The molecule has 2 heteroatoms. The van der Waals surface area contributed by atoms with Gasteiger partial charge >= 0.3 is 5.97 Å². The zero-order valence-corrected chi connectivity index (χ0v) is 13.6. The van der Waals surface area contributed by atoms with E-state index in [1.54, 1.807) is 6.08 Å². The SMILES string of the molecule is O=C(/C=C/c1cccc2ccccc12)Oc1ccc2ccccc2c1. The summed E-state index contributed by atoms with van der Waals surface area (Å²) in [5.74, 6) is 0.162. The summed E-state index contributed by atoms with van der Waals surface area (Å²) in [4.78, 5) is 12.1. The van der Waals surface area contributed by atoms with Crippen LogP contribution in [-0.2, 0) is 4.79 Å². The fourth-order valence-electron chi connectivity index (χ4n) is 2.93. The monoisotopic (exact) mass is 324 g/mol. The minimum absolute atomic E-state index is 0.386. The van der Waals surface area contributed by atoms with Crippen molar-refractivity contribution in [3.05, 3.63) is 96.6 Å². The zero-order valence-electron chi connectivity index (χ0n) is 13.6. The molecule has 0 amide bonds. The lowest BCUT2D eigenvalue weighted by Crippen LogP contribution is -2.03. The maximum absolute atomic E-state index is 12.1. The summed E-state index contributed by atoms with van der Waals surface area (Å²) in [6, 6.07) is 27.7. The van der Waals surface area contributed by atoms with Crippen molar-refractivity contribution in [1.29, 1.82) is 0 Å². The fourth-order valence-corrected chi connectivity index (χ4v) is 2.93. The second kappa shape index (κ2) is 6.62. The molecule has 2 nitrogen and oxygen atoms in total. The Morgan fingerprint density at radius 1 is 0.720 bits per heavy atom. The molecule has 0 heterocycles. The van der Waals surface area contributed by atoms with Gasteiger partial charge in [0, 0.05) is 6.08 Å². The van der Waals surface area contributed by atoms with Gasteiger partial charge in [-0.1, -0.05) is 72.8 Å². The highest BCUT2D eigenvalue weighted by Gasteiger charge is 2.03. The van der Waals surface area contributed by atoms with Crippen molar-refractivity contribution < 1.29 is 9.53 Å². The fraction of sp³-hybridized carbons (Fsp3) is 0. The largest absolute Gasteiger partial charge is 0.423 e. The molecule has 4 aromatic rings. The van der Waals surface area contributed by atoms with E-state index in [0.29, 0.717) is 5.75 Å². The lowest BCUT2D eigenvalue weighted by molar-refractivity contribution is -0.128. The quantitative estimate of drug-likeness (QED) is 0.278. The van der Waals surface area contributed by atoms with Crippen molar-refractivity contribution in [3.63, 3.8) is 0 Å². The Morgan fingerprint density at radius 2 is 1.44 bits per heavy atom. The molecule has 0 aliphatic rings. The molecule has 0 atom stereocenters. The van der Waals surface area contributed by atoms with Crippen LogP contribution in [0.1, 0.15) is 5.56 Å². The van der Waals surface area contributed by atoms with Gasteiger partial charge < -0.3 is 4.74 Å². The van der Waals surface area contributed by atoms with E-state index in [1.165, 1.54) is 6.08 Å². The highest BCUT2D eigenvalue weighted by atomic mass is 16.5. The molecule has 4 rings (SSSR count). The van der Waals surface area contributed by atoms with Crippen molar-refractivity contribution in [2.45, 2.75) is 0 Å². The Morgan fingerprint density at radius 3 is 2.32 bits per heavy atom. The van der Waals surface area contributed by atoms with E-state index < -0.39 is 0 Å². The van der Waals surface area contributed by atoms with E-state index in [-0.39, 0.29) is 5.97 Å². The van der Waals surface area contributed by atoms with Gasteiger partial charge in [-0.15, -0.1) is 0 Å². The van der Waals surface area contributed by atoms with Crippen molar-refractivity contribution in [2.24, 2.45) is 0 Å². The summed E-state index contributed by atoms with van der Waals surface area (Å²) in [6.07, 6.45) is 3.27. The summed E-state index contributed by atoms with van der Waals surface area (Å²) in [5, 5.41) is 4.42. The molecule has 0 aliphatic heterocycles. The summed E-state index contributed by atoms with van der Waals surface area (Å²) in [6.45, 7) is 0. The highest BCUT2D eigenvalue weighted by molar-refractivity contribution is 5.95. The summed E-state index contributed by atoms with van der Waals surface area (Å²) < 4.78 is 5.43. The summed E-state index contributed by atoms with van der Waals surface area (Å²) >= 11 is 0. The van der Waals surface area contributed by atoms with Crippen LogP contribution >= 0.6 is 0 Å². The molecule has 120 valence electrons. The second-order valence-electron chi connectivity index (χ2n) is 5.83. The Hall–Kier alpha value is -3.39.